The predicted molar refractivity (Wildman–Crippen MR) is 27.4 cm³/mol. The Hall–Kier alpha value is 2.27. The van der Waals surface area contributed by atoms with Crippen LogP contribution in [-0.4, -0.2) is 98.9 Å². The molecule has 0 aromatic carbocycles. The van der Waals surface area contributed by atoms with Crippen LogP contribution in [0.15, 0.2) is 0 Å². The Morgan fingerprint density at radius 2 is 1.83 bits per heavy atom. The number of aliphatic hydroxyl groups excluding tert-OH is 1. The van der Waals surface area contributed by atoms with Gasteiger partial charge in [0.1, 0.15) is 6.29 Å². The summed E-state index contributed by atoms with van der Waals surface area (Å²) in [5, 5.41) is 7.51. The minimum absolute atomic E-state index is 0. The standard InChI is InChI=1S/C2H4O2.K.Na.2H/c3-1-2-4;;;;/h1,4H,2H2;;;;. The van der Waals surface area contributed by atoms with Crippen molar-refractivity contribution in [3.63, 3.8) is 0 Å². The second kappa shape index (κ2) is 15.7. The van der Waals surface area contributed by atoms with Crippen molar-refractivity contribution >= 4 is 87.2 Å². The Morgan fingerprint density at radius 3 is 1.83 bits per heavy atom. The molecule has 0 unspecified atom stereocenters. The van der Waals surface area contributed by atoms with Crippen LogP contribution in [0.3, 0.4) is 0 Å². The summed E-state index contributed by atoms with van der Waals surface area (Å²) >= 11 is 0. The summed E-state index contributed by atoms with van der Waals surface area (Å²) < 4.78 is 0. The summed E-state index contributed by atoms with van der Waals surface area (Å²) in [6.45, 7) is -0.361. The third-order valence-electron chi connectivity index (χ3n) is 0.0745. The zero-order valence-electron chi connectivity index (χ0n) is 2.14. The van der Waals surface area contributed by atoms with E-state index in [1.807, 2.05) is 0 Å². The molecule has 28 valence electrons. The first-order valence-electron chi connectivity index (χ1n) is 0.960. The molecule has 0 spiro atoms. The van der Waals surface area contributed by atoms with Crippen molar-refractivity contribution in [3.05, 3.63) is 0 Å². The molecule has 0 saturated heterocycles. The molecular formula is C2H6KNaO2. The average Bonchev–Trinajstić information content (AvgIpc) is 1.37. The van der Waals surface area contributed by atoms with E-state index in [2.05, 4.69) is 0 Å². The third kappa shape index (κ3) is 16.3. The molecule has 0 rings (SSSR count). The SMILES string of the molecule is O=CCO.[KH].[NaH]. The van der Waals surface area contributed by atoms with Gasteiger partial charge in [0.2, 0.25) is 0 Å². The molecule has 0 saturated carbocycles. The summed E-state index contributed by atoms with van der Waals surface area (Å²) in [6, 6.07) is 0. The van der Waals surface area contributed by atoms with Gasteiger partial charge < -0.3 is 9.90 Å². The quantitative estimate of drug-likeness (QED) is 0.320. The number of aliphatic hydroxyl groups is 1. The van der Waals surface area contributed by atoms with E-state index < -0.39 is 0 Å². The topological polar surface area (TPSA) is 37.3 Å². The minimum atomic E-state index is -0.361. The number of carbonyl (C=O) groups is 1. The number of carbonyl (C=O) groups excluding carboxylic acids is 1. The molecule has 0 fully saturated rings. The number of hydrogen-bond donors (Lipinski definition) is 1. The van der Waals surface area contributed by atoms with E-state index in [0.717, 1.165) is 0 Å². The van der Waals surface area contributed by atoms with Crippen molar-refractivity contribution in [2.24, 2.45) is 0 Å². The van der Waals surface area contributed by atoms with E-state index in [-0.39, 0.29) is 87.5 Å². The van der Waals surface area contributed by atoms with Crippen molar-refractivity contribution in [2.45, 2.75) is 0 Å². The van der Waals surface area contributed by atoms with Crippen molar-refractivity contribution < 1.29 is 9.90 Å². The van der Waals surface area contributed by atoms with Gasteiger partial charge >= 0.3 is 80.9 Å². The summed E-state index contributed by atoms with van der Waals surface area (Å²) in [5.74, 6) is 0. The molecule has 0 aromatic heterocycles. The van der Waals surface area contributed by atoms with E-state index in [9.17, 15) is 0 Å². The van der Waals surface area contributed by atoms with E-state index in [1.54, 1.807) is 0 Å². The maximum atomic E-state index is 8.92. The van der Waals surface area contributed by atoms with Crippen molar-refractivity contribution in [1.82, 2.24) is 0 Å². The molecule has 0 bridgehead atoms. The summed E-state index contributed by atoms with van der Waals surface area (Å²) in [6.07, 6.45) is 0.431. The number of hydrogen-bond acceptors (Lipinski definition) is 2. The van der Waals surface area contributed by atoms with Gasteiger partial charge in [0.15, 0.2) is 0 Å². The molecule has 0 radical (unpaired) electrons. The first-order valence-corrected chi connectivity index (χ1v) is 0.960. The zero-order valence-corrected chi connectivity index (χ0v) is 2.14. The monoisotopic (exact) mass is 124 g/mol. The first-order chi connectivity index (χ1) is 1.91. The average molecular weight is 124 g/mol. The van der Waals surface area contributed by atoms with Crippen LogP contribution in [0.25, 0.3) is 0 Å². The van der Waals surface area contributed by atoms with Gasteiger partial charge in [-0.05, 0) is 0 Å². The molecule has 0 atom stereocenters. The van der Waals surface area contributed by atoms with Gasteiger partial charge in [0, 0.05) is 0 Å². The van der Waals surface area contributed by atoms with Gasteiger partial charge in [-0.25, -0.2) is 0 Å². The molecule has 0 aliphatic rings. The molecule has 0 amide bonds. The molecular weight excluding hydrogens is 118 g/mol. The van der Waals surface area contributed by atoms with Crippen molar-refractivity contribution in [1.29, 1.82) is 0 Å². The Bertz CT molecular complexity index is 25.5. The fourth-order valence-corrected chi connectivity index (χ4v) is 0. The van der Waals surface area contributed by atoms with Crippen LogP contribution in [-0.2, 0) is 4.79 Å². The Morgan fingerprint density at radius 1 is 1.67 bits per heavy atom. The van der Waals surface area contributed by atoms with Gasteiger partial charge in [-0.1, -0.05) is 0 Å². The fourth-order valence-electron chi connectivity index (χ4n) is 0. The molecule has 0 heterocycles. The van der Waals surface area contributed by atoms with Crippen LogP contribution in [0.2, 0.25) is 0 Å². The first kappa shape index (κ1) is 15.7. The molecule has 2 nitrogen and oxygen atoms in total. The van der Waals surface area contributed by atoms with Gasteiger partial charge in [-0.15, -0.1) is 0 Å². The fraction of sp³-hybridized carbons (Fsp3) is 0.500. The molecule has 6 heavy (non-hydrogen) atoms. The molecule has 1 N–H and O–H groups in total. The second-order valence-electron chi connectivity index (χ2n) is 0.349. The van der Waals surface area contributed by atoms with Gasteiger partial charge in [0.25, 0.3) is 0 Å². The number of aldehydes is 1. The molecule has 0 aromatic rings. The Labute approximate surface area is 101 Å². The summed E-state index contributed by atoms with van der Waals surface area (Å²) in [7, 11) is 0. The van der Waals surface area contributed by atoms with Crippen LogP contribution in [0.5, 0.6) is 0 Å². The normalized spacial score (nSPS) is 4.17. The maximum absolute atomic E-state index is 8.92. The van der Waals surface area contributed by atoms with Gasteiger partial charge in [-0.3, -0.25) is 0 Å². The van der Waals surface area contributed by atoms with Crippen LogP contribution in [0, 0.1) is 0 Å². The zero-order chi connectivity index (χ0) is 3.41. The summed E-state index contributed by atoms with van der Waals surface area (Å²) in [5.41, 5.74) is 0. The van der Waals surface area contributed by atoms with Crippen LogP contribution >= 0.6 is 0 Å². The predicted octanol–water partition coefficient (Wildman–Crippen LogP) is -2.12. The van der Waals surface area contributed by atoms with Crippen LogP contribution in [0.1, 0.15) is 0 Å². The number of rotatable bonds is 1. The second-order valence-corrected chi connectivity index (χ2v) is 0.349. The van der Waals surface area contributed by atoms with Crippen molar-refractivity contribution in [3.8, 4) is 0 Å². The van der Waals surface area contributed by atoms with Crippen LogP contribution < -0.4 is 0 Å². The van der Waals surface area contributed by atoms with Crippen LogP contribution in [0.4, 0.5) is 0 Å². The molecule has 0 aliphatic heterocycles. The van der Waals surface area contributed by atoms with E-state index >= 15 is 0 Å². The summed E-state index contributed by atoms with van der Waals surface area (Å²) in [4.78, 5) is 8.92. The van der Waals surface area contributed by atoms with Gasteiger partial charge in [0.05, 0.1) is 6.61 Å². The van der Waals surface area contributed by atoms with Gasteiger partial charge in [-0.2, -0.15) is 0 Å². The Kier molecular flexibility index (Phi) is 41.1. The van der Waals surface area contributed by atoms with E-state index in [0.29, 0.717) is 6.29 Å². The van der Waals surface area contributed by atoms with E-state index in [4.69, 9.17) is 9.90 Å². The molecule has 0 aliphatic carbocycles. The third-order valence-corrected chi connectivity index (χ3v) is 0.0745. The van der Waals surface area contributed by atoms with Crippen molar-refractivity contribution in [2.75, 3.05) is 6.61 Å². The van der Waals surface area contributed by atoms with E-state index in [1.165, 1.54) is 0 Å². The Balaban J connectivity index is -0.0000000450. The molecule has 4 heteroatoms.